The minimum atomic E-state index is -0.817. The first-order valence-corrected chi connectivity index (χ1v) is 9.42. The summed E-state index contributed by atoms with van der Waals surface area (Å²) in [5, 5.41) is 19.2. The van der Waals surface area contributed by atoms with Gasteiger partial charge in [-0.25, -0.2) is 0 Å². The van der Waals surface area contributed by atoms with E-state index in [2.05, 4.69) is 25.1 Å². The van der Waals surface area contributed by atoms with Crippen molar-refractivity contribution in [1.82, 2.24) is 0 Å². The standard InChI is InChI=1S/C20H21NO3S/c1-12-5-15-11-23-20(9-16(22)6-13(2)24-20)19(15)8-14(12)7-17-3-4-18(10-21)25-17/h3-5,8,13,16,22H,6-7,9,11H2,1-2H3/t13?,16?,20-/m1/s1. The molecule has 3 heterocycles. The van der Waals surface area contributed by atoms with E-state index in [1.807, 2.05) is 19.1 Å². The molecule has 130 valence electrons. The molecule has 0 bridgehead atoms. The molecule has 3 atom stereocenters. The van der Waals surface area contributed by atoms with Crippen LogP contribution in [0.4, 0.5) is 0 Å². The van der Waals surface area contributed by atoms with Crippen molar-refractivity contribution in [2.24, 2.45) is 0 Å². The summed E-state index contributed by atoms with van der Waals surface area (Å²) in [6, 6.07) is 10.4. The van der Waals surface area contributed by atoms with E-state index in [9.17, 15) is 5.11 Å². The monoisotopic (exact) mass is 355 g/mol. The molecular formula is C20H21NO3S. The summed E-state index contributed by atoms with van der Waals surface area (Å²) in [7, 11) is 0. The van der Waals surface area contributed by atoms with Gasteiger partial charge in [-0.05, 0) is 55.2 Å². The van der Waals surface area contributed by atoms with E-state index >= 15 is 0 Å². The van der Waals surface area contributed by atoms with Crippen LogP contribution < -0.4 is 0 Å². The highest BCUT2D eigenvalue weighted by Crippen LogP contribution is 2.46. The highest BCUT2D eigenvalue weighted by Gasteiger charge is 2.47. The number of hydrogen-bond acceptors (Lipinski definition) is 5. The summed E-state index contributed by atoms with van der Waals surface area (Å²) in [5.41, 5.74) is 4.63. The largest absolute Gasteiger partial charge is 0.393 e. The van der Waals surface area contributed by atoms with Gasteiger partial charge in [0.1, 0.15) is 10.9 Å². The zero-order valence-electron chi connectivity index (χ0n) is 14.4. The molecule has 2 aromatic rings. The average molecular weight is 355 g/mol. The lowest BCUT2D eigenvalue weighted by molar-refractivity contribution is -0.295. The van der Waals surface area contributed by atoms with Crippen molar-refractivity contribution in [1.29, 1.82) is 5.26 Å². The number of aliphatic hydroxyl groups excluding tert-OH is 1. The highest BCUT2D eigenvalue weighted by molar-refractivity contribution is 7.12. The summed E-state index contributed by atoms with van der Waals surface area (Å²) >= 11 is 1.53. The van der Waals surface area contributed by atoms with Crippen molar-refractivity contribution in [2.75, 3.05) is 0 Å². The summed E-state index contributed by atoms with van der Waals surface area (Å²) in [4.78, 5) is 1.91. The third-order valence-electron chi connectivity index (χ3n) is 5.07. The highest BCUT2D eigenvalue weighted by atomic mass is 32.1. The Morgan fingerprint density at radius 1 is 1.40 bits per heavy atom. The number of rotatable bonds is 2. The van der Waals surface area contributed by atoms with Gasteiger partial charge in [-0.15, -0.1) is 11.3 Å². The molecule has 5 heteroatoms. The number of ether oxygens (including phenoxy) is 2. The number of fused-ring (bicyclic) bond motifs is 2. The summed E-state index contributed by atoms with van der Waals surface area (Å²) in [5.74, 6) is -0.817. The molecular weight excluding hydrogens is 334 g/mol. The summed E-state index contributed by atoms with van der Waals surface area (Å²) in [6.45, 7) is 4.61. The fourth-order valence-corrected chi connectivity index (χ4v) is 4.76. The normalized spacial score (nSPS) is 28.1. The van der Waals surface area contributed by atoms with Gasteiger partial charge in [0.2, 0.25) is 0 Å². The van der Waals surface area contributed by atoms with E-state index in [1.54, 1.807) is 0 Å². The number of benzene rings is 1. The van der Waals surface area contributed by atoms with Crippen LogP contribution in [-0.4, -0.2) is 17.3 Å². The van der Waals surface area contributed by atoms with Crippen LogP contribution >= 0.6 is 11.3 Å². The molecule has 0 aliphatic carbocycles. The number of hydrogen-bond donors (Lipinski definition) is 1. The second-order valence-electron chi connectivity index (χ2n) is 7.05. The van der Waals surface area contributed by atoms with Gasteiger partial charge in [-0.1, -0.05) is 6.07 Å². The van der Waals surface area contributed by atoms with E-state index in [1.165, 1.54) is 27.3 Å². The lowest BCUT2D eigenvalue weighted by Gasteiger charge is -2.39. The minimum absolute atomic E-state index is 0.0325. The maximum atomic E-state index is 10.2. The fourth-order valence-electron chi connectivity index (χ4n) is 3.93. The van der Waals surface area contributed by atoms with E-state index < -0.39 is 11.9 Å². The number of aryl methyl sites for hydroxylation is 1. The van der Waals surface area contributed by atoms with E-state index in [0.717, 1.165) is 22.4 Å². The molecule has 1 fully saturated rings. The van der Waals surface area contributed by atoms with Crippen LogP contribution in [0.25, 0.3) is 0 Å². The van der Waals surface area contributed by atoms with Gasteiger partial charge in [-0.2, -0.15) is 5.26 Å². The third kappa shape index (κ3) is 3.00. The Kier molecular flexibility index (Phi) is 4.17. The molecule has 0 radical (unpaired) electrons. The molecule has 0 amide bonds. The third-order valence-corrected chi connectivity index (χ3v) is 6.06. The van der Waals surface area contributed by atoms with Crippen molar-refractivity contribution in [2.45, 2.75) is 57.7 Å². The SMILES string of the molecule is Cc1cc2c(cc1Cc1ccc(C#N)s1)[C@]1(CC(O)CC(C)O1)OC2. The molecule has 1 aromatic heterocycles. The van der Waals surface area contributed by atoms with Gasteiger partial charge in [0, 0.05) is 23.3 Å². The smallest absolute Gasteiger partial charge is 0.198 e. The lowest BCUT2D eigenvalue weighted by atomic mass is 9.89. The summed E-state index contributed by atoms with van der Waals surface area (Å²) < 4.78 is 12.2. The molecule has 2 aliphatic heterocycles. The zero-order chi connectivity index (χ0) is 17.6. The Morgan fingerprint density at radius 2 is 2.24 bits per heavy atom. The summed E-state index contributed by atoms with van der Waals surface area (Å²) in [6.07, 6.45) is 1.47. The van der Waals surface area contributed by atoms with Crippen LogP contribution in [0.1, 0.15) is 51.8 Å². The number of nitriles is 1. The van der Waals surface area contributed by atoms with Crippen molar-refractivity contribution in [3.8, 4) is 6.07 Å². The lowest BCUT2D eigenvalue weighted by Crippen LogP contribution is -2.43. The van der Waals surface area contributed by atoms with Gasteiger partial charge in [0.05, 0.1) is 18.8 Å². The van der Waals surface area contributed by atoms with Gasteiger partial charge in [0.25, 0.3) is 0 Å². The van der Waals surface area contributed by atoms with Gasteiger partial charge in [0.15, 0.2) is 5.79 Å². The molecule has 1 aromatic carbocycles. The van der Waals surface area contributed by atoms with Gasteiger partial charge in [-0.3, -0.25) is 0 Å². The zero-order valence-corrected chi connectivity index (χ0v) is 15.2. The Hall–Kier alpha value is -1.71. The Bertz CT molecular complexity index is 841. The van der Waals surface area contributed by atoms with Crippen molar-refractivity contribution >= 4 is 11.3 Å². The quantitative estimate of drug-likeness (QED) is 0.891. The molecule has 4 nitrogen and oxygen atoms in total. The maximum Gasteiger partial charge on any atom is 0.198 e. The minimum Gasteiger partial charge on any atom is -0.393 e. The first-order chi connectivity index (χ1) is 12.0. The molecule has 0 saturated carbocycles. The maximum absolute atomic E-state index is 10.2. The fraction of sp³-hybridized carbons (Fsp3) is 0.450. The molecule has 1 saturated heterocycles. The first-order valence-electron chi connectivity index (χ1n) is 8.60. The molecule has 2 aliphatic rings. The van der Waals surface area contributed by atoms with Crippen molar-refractivity contribution in [3.05, 3.63) is 56.3 Å². The van der Waals surface area contributed by atoms with E-state index in [0.29, 0.717) is 19.4 Å². The first kappa shape index (κ1) is 16.7. The second-order valence-corrected chi connectivity index (χ2v) is 8.22. The number of thiophene rings is 1. The van der Waals surface area contributed by atoms with Crippen LogP contribution in [-0.2, 0) is 28.3 Å². The average Bonchev–Trinajstić information content (AvgIpc) is 3.13. The number of aliphatic hydroxyl groups is 1. The Morgan fingerprint density at radius 3 is 2.96 bits per heavy atom. The van der Waals surface area contributed by atoms with Crippen molar-refractivity contribution in [3.63, 3.8) is 0 Å². The Balaban J connectivity index is 1.70. The predicted octanol–water partition coefficient (Wildman–Crippen LogP) is 3.76. The molecule has 2 unspecified atom stereocenters. The Labute approximate surface area is 151 Å². The van der Waals surface area contributed by atoms with Crippen molar-refractivity contribution < 1.29 is 14.6 Å². The molecule has 1 N–H and O–H groups in total. The van der Waals surface area contributed by atoms with Crippen LogP contribution in [0.2, 0.25) is 0 Å². The van der Waals surface area contributed by atoms with Crippen LogP contribution in [0.5, 0.6) is 0 Å². The topological polar surface area (TPSA) is 62.5 Å². The molecule has 4 rings (SSSR count). The van der Waals surface area contributed by atoms with Crippen LogP contribution in [0.15, 0.2) is 24.3 Å². The number of nitrogens with zero attached hydrogens (tertiary/aromatic N) is 1. The van der Waals surface area contributed by atoms with Crippen LogP contribution in [0, 0.1) is 18.3 Å². The van der Waals surface area contributed by atoms with Gasteiger partial charge >= 0.3 is 0 Å². The second kappa shape index (κ2) is 6.22. The van der Waals surface area contributed by atoms with E-state index in [-0.39, 0.29) is 6.10 Å². The van der Waals surface area contributed by atoms with Gasteiger partial charge < -0.3 is 14.6 Å². The van der Waals surface area contributed by atoms with E-state index in [4.69, 9.17) is 14.7 Å². The van der Waals surface area contributed by atoms with Crippen LogP contribution in [0.3, 0.4) is 0 Å². The predicted molar refractivity (Wildman–Crippen MR) is 95.3 cm³/mol. The molecule has 1 spiro atoms. The molecule has 25 heavy (non-hydrogen) atoms.